The van der Waals surface area contributed by atoms with E-state index in [0.717, 1.165) is 12.1 Å². The van der Waals surface area contributed by atoms with Crippen LogP contribution in [0.25, 0.3) is 0 Å². The van der Waals surface area contributed by atoms with Crippen LogP contribution in [0.5, 0.6) is 23.0 Å². The Bertz CT molecular complexity index is 1490. The van der Waals surface area contributed by atoms with Gasteiger partial charge in [-0.2, -0.15) is 8.78 Å². The largest absolute Gasteiger partial charge is 0.494 e. The average Bonchev–Trinajstić information content (AvgIpc) is 3.07. The smallest absolute Gasteiger partial charge is 0.343 e. The zero-order chi connectivity index (χ0) is 35.1. The summed E-state index contributed by atoms with van der Waals surface area (Å²) < 4.78 is 60.7. The lowest BCUT2D eigenvalue weighted by atomic mass is 10.2. The van der Waals surface area contributed by atoms with Gasteiger partial charge in [-0.15, -0.1) is 0 Å². The number of benzene rings is 3. The second-order valence-electron chi connectivity index (χ2n) is 10.5. The van der Waals surface area contributed by atoms with Gasteiger partial charge < -0.3 is 28.4 Å². The van der Waals surface area contributed by atoms with Crippen molar-refractivity contribution in [3.8, 4) is 23.0 Å². The summed E-state index contributed by atoms with van der Waals surface area (Å²) in [6, 6.07) is 13.6. The fourth-order valence-corrected chi connectivity index (χ4v) is 3.73. The highest BCUT2D eigenvalue weighted by atomic mass is 19.2. The molecule has 10 nitrogen and oxygen atoms in total. The minimum absolute atomic E-state index is 0.0564. The summed E-state index contributed by atoms with van der Waals surface area (Å²) >= 11 is 0. The van der Waals surface area contributed by atoms with Crippen molar-refractivity contribution in [2.75, 3.05) is 26.4 Å². The predicted molar refractivity (Wildman–Crippen MR) is 170 cm³/mol. The van der Waals surface area contributed by atoms with Gasteiger partial charge in [-0.1, -0.05) is 13.2 Å². The van der Waals surface area contributed by atoms with Crippen molar-refractivity contribution in [2.45, 2.75) is 39.5 Å². The second-order valence-corrected chi connectivity index (χ2v) is 10.5. The molecule has 0 aliphatic carbocycles. The van der Waals surface area contributed by atoms with Crippen molar-refractivity contribution < 1.29 is 56.4 Å². The van der Waals surface area contributed by atoms with Crippen LogP contribution >= 0.6 is 0 Å². The molecule has 0 saturated carbocycles. The Balaban J connectivity index is 1.44. The van der Waals surface area contributed by atoms with E-state index in [4.69, 9.17) is 28.4 Å². The SMILES string of the molecule is C=C(C)C(=O)OCCCCOc1ccc(C(=O)Oc2ccc(OC(=O)c3ccc(OCCCCOC(=O)C(=C)C)cc3)c(F)c2F)cc1. The third kappa shape index (κ3) is 11.7. The van der Waals surface area contributed by atoms with Gasteiger partial charge in [0.25, 0.3) is 0 Å². The minimum Gasteiger partial charge on any atom is -0.494 e. The molecule has 3 rings (SSSR count). The van der Waals surface area contributed by atoms with Gasteiger partial charge in [0.2, 0.25) is 11.6 Å². The fourth-order valence-electron chi connectivity index (χ4n) is 3.73. The maximum absolute atomic E-state index is 14.8. The number of carbonyl (C=O) groups excluding carboxylic acids is 4. The van der Waals surface area contributed by atoms with Crippen LogP contribution < -0.4 is 18.9 Å². The van der Waals surface area contributed by atoms with E-state index in [1.165, 1.54) is 48.5 Å². The molecule has 0 heterocycles. The molecule has 0 aromatic heterocycles. The lowest BCUT2D eigenvalue weighted by Gasteiger charge is -2.11. The van der Waals surface area contributed by atoms with Gasteiger partial charge >= 0.3 is 23.9 Å². The average molecular weight is 667 g/mol. The van der Waals surface area contributed by atoms with Gasteiger partial charge in [0.15, 0.2) is 11.5 Å². The van der Waals surface area contributed by atoms with Crippen molar-refractivity contribution in [1.29, 1.82) is 0 Å². The highest BCUT2D eigenvalue weighted by molar-refractivity contribution is 5.92. The summed E-state index contributed by atoms with van der Waals surface area (Å²) in [6.07, 6.45) is 2.41. The van der Waals surface area contributed by atoms with Gasteiger partial charge in [0, 0.05) is 11.1 Å². The molecule has 12 heteroatoms. The summed E-state index contributed by atoms with van der Waals surface area (Å²) in [5, 5.41) is 0. The Morgan fingerprint density at radius 1 is 0.542 bits per heavy atom. The normalized spacial score (nSPS) is 10.4. The van der Waals surface area contributed by atoms with Crippen molar-refractivity contribution in [1.82, 2.24) is 0 Å². The summed E-state index contributed by atoms with van der Waals surface area (Å²) in [5.41, 5.74) is 0.767. The van der Waals surface area contributed by atoms with Gasteiger partial charge in [-0.05, 0) is 100 Å². The molecule has 3 aromatic carbocycles. The van der Waals surface area contributed by atoms with Crippen molar-refractivity contribution >= 4 is 23.9 Å². The van der Waals surface area contributed by atoms with E-state index in [1.54, 1.807) is 13.8 Å². The Kier molecular flexibility index (Phi) is 14.3. The van der Waals surface area contributed by atoms with Gasteiger partial charge in [0.05, 0.1) is 37.6 Å². The molecule has 0 spiro atoms. The first-order chi connectivity index (χ1) is 23.0. The predicted octanol–water partition coefficient (Wildman–Crippen LogP) is 6.96. The van der Waals surface area contributed by atoms with Crippen LogP contribution in [0.3, 0.4) is 0 Å². The van der Waals surface area contributed by atoms with E-state index in [2.05, 4.69) is 13.2 Å². The van der Waals surface area contributed by atoms with E-state index in [0.29, 0.717) is 61.5 Å². The summed E-state index contributed by atoms with van der Waals surface area (Å²) in [7, 11) is 0. The molecule has 48 heavy (non-hydrogen) atoms. The van der Waals surface area contributed by atoms with Crippen LogP contribution in [0.4, 0.5) is 8.78 Å². The maximum Gasteiger partial charge on any atom is 0.343 e. The highest BCUT2D eigenvalue weighted by Crippen LogP contribution is 2.29. The molecule has 0 fully saturated rings. The lowest BCUT2D eigenvalue weighted by molar-refractivity contribution is -0.139. The topological polar surface area (TPSA) is 124 Å². The minimum atomic E-state index is -1.51. The molecular formula is C36H36F2O10. The summed E-state index contributed by atoms with van der Waals surface area (Å²) in [6.45, 7) is 11.3. The zero-order valence-corrected chi connectivity index (χ0v) is 26.7. The molecule has 0 unspecified atom stereocenters. The molecule has 0 amide bonds. The van der Waals surface area contributed by atoms with Crippen LogP contribution in [-0.4, -0.2) is 50.3 Å². The first-order valence-electron chi connectivity index (χ1n) is 15.0. The van der Waals surface area contributed by atoms with Crippen molar-refractivity contribution in [3.05, 3.63) is 108 Å². The zero-order valence-electron chi connectivity index (χ0n) is 26.7. The van der Waals surface area contributed by atoms with Crippen molar-refractivity contribution in [3.63, 3.8) is 0 Å². The molecule has 0 aliphatic rings. The Morgan fingerprint density at radius 2 is 0.875 bits per heavy atom. The number of hydrogen-bond donors (Lipinski definition) is 0. The lowest BCUT2D eigenvalue weighted by Crippen LogP contribution is -2.12. The highest BCUT2D eigenvalue weighted by Gasteiger charge is 2.21. The molecule has 254 valence electrons. The van der Waals surface area contributed by atoms with E-state index >= 15 is 0 Å². The van der Waals surface area contributed by atoms with Gasteiger partial charge in [-0.25, -0.2) is 19.2 Å². The molecule has 0 radical (unpaired) electrons. The molecule has 0 saturated heterocycles. The summed E-state index contributed by atoms with van der Waals surface area (Å²) in [5.74, 6) is -6.27. The Morgan fingerprint density at radius 3 is 1.21 bits per heavy atom. The van der Waals surface area contributed by atoms with E-state index in [9.17, 15) is 28.0 Å². The Hall–Kier alpha value is -5.52. The third-order valence-electron chi connectivity index (χ3n) is 6.37. The molecule has 0 aliphatic heterocycles. The number of esters is 4. The fraction of sp³-hybridized carbons (Fsp3) is 0.278. The first-order valence-corrected chi connectivity index (χ1v) is 15.0. The molecule has 0 N–H and O–H groups in total. The van der Waals surface area contributed by atoms with E-state index in [-0.39, 0.29) is 24.3 Å². The van der Waals surface area contributed by atoms with Crippen LogP contribution in [0.2, 0.25) is 0 Å². The van der Waals surface area contributed by atoms with Crippen LogP contribution in [-0.2, 0) is 19.1 Å². The third-order valence-corrected chi connectivity index (χ3v) is 6.37. The standard InChI is InChI=1S/C36H36F2O10/c1-23(2)33(39)45-21-7-5-19-43-27-13-9-25(10-14-27)35(41)47-29-17-18-30(32(38)31(29)37)48-36(42)26-11-15-28(16-12-26)44-20-6-8-22-46-34(40)24(3)4/h9-18H,1,3,5-8,19-22H2,2,4H3. The van der Waals surface area contributed by atoms with E-state index < -0.39 is 47.0 Å². The van der Waals surface area contributed by atoms with Crippen molar-refractivity contribution in [2.24, 2.45) is 0 Å². The van der Waals surface area contributed by atoms with Gasteiger partial charge in [-0.3, -0.25) is 0 Å². The number of unbranched alkanes of at least 4 members (excludes halogenated alkanes) is 2. The Labute approximate surface area is 276 Å². The summed E-state index contributed by atoms with van der Waals surface area (Å²) in [4.78, 5) is 47.8. The van der Waals surface area contributed by atoms with Crippen LogP contribution in [0, 0.1) is 11.6 Å². The molecule has 0 atom stereocenters. The second kappa shape index (κ2) is 18.6. The molecule has 3 aromatic rings. The maximum atomic E-state index is 14.8. The number of carbonyl (C=O) groups is 4. The quantitative estimate of drug-likeness (QED) is 0.0609. The molecule has 0 bridgehead atoms. The first kappa shape index (κ1) is 36.9. The van der Waals surface area contributed by atoms with E-state index in [1.807, 2.05) is 0 Å². The van der Waals surface area contributed by atoms with Crippen LogP contribution in [0.15, 0.2) is 85.0 Å². The monoisotopic (exact) mass is 666 g/mol. The van der Waals surface area contributed by atoms with Crippen LogP contribution in [0.1, 0.15) is 60.2 Å². The van der Waals surface area contributed by atoms with Gasteiger partial charge in [0.1, 0.15) is 11.5 Å². The number of rotatable bonds is 18. The number of hydrogen-bond acceptors (Lipinski definition) is 10. The number of ether oxygens (including phenoxy) is 6. The number of halogens is 2. The molecular weight excluding hydrogens is 630 g/mol.